The predicted octanol–water partition coefficient (Wildman–Crippen LogP) is 1.55. The summed E-state index contributed by atoms with van der Waals surface area (Å²) in [5.74, 6) is 0.944. The van der Waals surface area contributed by atoms with Gasteiger partial charge in [0.1, 0.15) is 11.9 Å². The van der Waals surface area contributed by atoms with Gasteiger partial charge in [0.25, 0.3) is 0 Å². The molecule has 1 aromatic rings. The SMILES string of the molecule is COCCCCN1C(=O)CNC1c1ccccc1OC. The van der Waals surface area contributed by atoms with Crippen LogP contribution in [0, 0.1) is 0 Å². The molecular weight excluding hydrogens is 256 g/mol. The minimum absolute atomic E-state index is 0.0961. The molecular formula is C15H22N2O3. The van der Waals surface area contributed by atoms with E-state index in [1.54, 1.807) is 14.2 Å². The summed E-state index contributed by atoms with van der Waals surface area (Å²) >= 11 is 0. The van der Waals surface area contributed by atoms with Crippen LogP contribution in [-0.4, -0.2) is 44.7 Å². The summed E-state index contributed by atoms with van der Waals surface area (Å²) in [6.07, 6.45) is 1.80. The van der Waals surface area contributed by atoms with E-state index in [4.69, 9.17) is 9.47 Å². The van der Waals surface area contributed by atoms with Crippen LogP contribution >= 0.6 is 0 Å². The van der Waals surface area contributed by atoms with Crippen molar-refractivity contribution in [3.05, 3.63) is 29.8 Å². The third kappa shape index (κ3) is 3.29. The predicted molar refractivity (Wildman–Crippen MR) is 76.6 cm³/mol. The number of unbranched alkanes of at least 4 members (excludes halogenated alkanes) is 1. The van der Waals surface area contributed by atoms with E-state index >= 15 is 0 Å². The lowest BCUT2D eigenvalue weighted by Crippen LogP contribution is -2.31. The first-order chi connectivity index (χ1) is 9.77. The van der Waals surface area contributed by atoms with Gasteiger partial charge < -0.3 is 14.4 Å². The van der Waals surface area contributed by atoms with Crippen LogP contribution < -0.4 is 10.1 Å². The fourth-order valence-corrected chi connectivity index (χ4v) is 2.49. The number of methoxy groups -OCH3 is 2. The van der Waals surface area contributed by atoms with E-state index in [2.05, 4.69) is 5.32 Å². The van der Waals surface area contributed by atoms with Crippen molar-refractivity contribution in [1.82, 2.24) is 10.2 Å². The van der Waals surface area contributed by atoms with E-state index in [-0.39, 0.29) is 12.1 Å². The Morgan fingerprint density at radius 3 is 2.85 bits per heavy atom. The van der Waals surface area contributed by atoms with Crippen LogP contribution in [0.1, 0.15) is 24.6 Å². The average molecular weight is 278 g/mol. The molecule has 1 N–H and O–H groups in total. The van der Waals surface area contributed by atoms with E-state index in [0.29, 0.717) is 6.54 Å². The standard InChI is InChI=1S/C15H22N2O3/c1-19-10-6-5-9-17-14(18)11-16-15(17)12-7-3-4-8-13(12)20-2/h3-4,7-8,15-16H,5-6,9-11H2,1-2H3. The lowest BCUT2D eigenvalue weighted by molar-refractivity contribution is -0.128. The summed E-state index contributed by atoms with van der Waals surface area (Å²) in [6.45, 7) is 1.85. The molecule has 1 atom stereocenters. The third-order valence-corrected chi connectivity index (χ3v) is 3.51. The van der Waals surface area contributed by atoms with Crippen LogP contribution in [0.2, 0.25) is 0 Å². The van der Waals surface area contributed by atoms with Crippen molar-refractivity contribution in [2.75, 3.05) is 33.9 Å². The van der Waals surface area contributed by atoms with E-state index in [9.17, 15) is 4.79 Å². The molecule has 1 unspecified atom stereocenters. The Hall–Kier alpha value is -1.59. The molecule has 0 spiro atoms. The van der Waals surface area contributed by atoms with Crippen LogP contribution in [0.3, 0.4) is 0 Å². The number of hydrogen-bond acceptors (Lipinski definition) is 4. The van der Waals surface area contributed by atoms with Gasteiger partial charge in [0.15, 0.2) is 0 Å². The summed E-state index contributed by atoms with van der Waals surface area (Å²) in [5, 5.41) is 3.25. The number of rotatable bonds is 7. The number of hydrogen-bond donors (Lipinski definition) is 1. The highest BCUT2D eigenvalue weighted by Crippen LogP contribution is 2.30. The second kappa shape index (κ2) is 7.26. The topological polar surface area (TPSA) is 50.8 Å². The van der Waals surface area contributed by atoms with Crippen molar-refractivity contribution in [3.8, 4) is 5.75 Å². The zero-order valence-electron chi connectivity index (χ0n) is 12.1. The maximum absolute atomic E-state index is 12.0. The fourth-order valence-electron chi connectivity index (χ4n) is 2.49. The molecule has 1 saturated heterocycles. The van der Waals surface area contributed by atoms with Gasteiger partial charge in [0.2, 0.25) is 5.91 Å². The lowest BCUT2D eigenvalue weighted by atomic mass is 10.1. The molecule has 2 rings (SSSR count). The Morgan fingerprint density at radius 2 is 2.10 bits per heavy atom. The first kappa shape index (κ1) is 14.8. The van der Waals surface area contributed by atoms with E-state index in [0.717, 1.165) is 37.3 Å². The van der Waals surface area contributed by atoms with Gasteiger partial charge in [-0.2, -0.15) is 0 Å². The number of amides is 1. The zero-order chi connectivity index (χ0) is 14.4. The van der Waals surface area contributed by atoms with Crippen molar-refractivity contribution in [2.45, 2.75) is 19.0 Å². The Morgan fingerprint density at radius 1 is 1.30 bits per heavy atom. The summed E-state index contributed by atoms with van der Waals surface area (Å²) in [5.41, 5.74) is 1.01. The van der Waals surface area contributed by atoms with Gasteiger partial charge in [-0.25, -0.2) is 0 Å². The summed E-state index contributed by atoms with van der Waals surface area (Å²) < 4.78 is 10.4. The van der Waals surface area contributed by atoms with Crippen molar-refractivity contribution in [2.24, 2.45) is 0 Å². The largest absolute Gasteiger partial charge is 0.496 e. The molecule has 1 aromatic carbocycles. The minimum Gasteiger partial charge on any atom is -0.496 e. The highest BCUT2D eigenvalue weighted by Gasteiger charge is 2.32. The molecule has 1 aliphatic rings. The molecule has 0 bridgehead atoms. The third-order valence-electron chi connectivity index (χ3n) is 3.51. The molecule has 1 heterocycles. The molecule has 0 radical (unpaired) electrons. The van der Waals surface area contributed by atoms with Crippen molar-refractivity contribution < 1.29 is 14.3 Å². The smallest absolute Gasteiger partial charge is 0.238 e. The van der Waals surface area contributed by atoms with Crippen molar-refractivity contribution in [3.63, 3.8) is 0 Å². The first-order valence-electron chi connectivity index (χ1n) is 6.92. The van der Waals surface area contributed by atoms with Crippen LogP contribution in [0.15, 0.2) is 24.3 Å². The Kier molecular flexibility index (Phi) is 5.38. The van der Waals surface area contributed by atoms with Gasteiger partial charge in [0, 0.05) is 25.8 Å². The summed E-state index contributed by atoms with van der Waals surface area (Å²) in [6, 6.07) is 7.81. The van der Waals surface area contributed by atoms with Gasteiger partial charge >= 0.3 is 0 Å². The molecule has 5 nitrogen and oxygen atoms in total. The molecule has 5 heteroatoms. The summed E-state index contributed by atoms with van der Waals surface area (Å²) in [4.78, 5) is 13.9. The van der Waals surface area contributed by atoms with Crippen LogP contribution in [-0.2, 0) is 9.53 Å². The molecule has 20 heavy (non-hydrogen) atoms. The van der Waals surface area contributed by atoms with Gasteiger partial charge in [-0.05, 0) is 18.9 Å². The van der Waals surface area contributed by atoms with Gasteiger partial charge in [-0.15, -0.1) is 0 Å². The maximum atomic E-state index is 12.0. The Bertz CT molecular complexity index is 450. The van der Waals surface area contributed by atoms with E-state index in [1.165, 1.54) is 0 Å². The van der Waals surface area contributed by atoms with Crippen LogP contribution in [0.5, 0.6) is 5.75 Å². The number of ether oxygens (including phenoxy) is 2. The van der Waals surface area contributed by atoms with Crippen LogP contribution in [0.25, 0.3) is 0 Å². The maximum Gasteiger partial charge on any atom is 0.238 e. The van der Waals surface area contributed by atoms with Gasteiger partial charge in [-0.3, -0.25) is 10.1 Å². The highest BCUT2D eigenvalue weighted by atomic mass is 16.5. The van der Waals surface area contributed by atoms with E-state index in [1.807, 2.05) is 29.2 Å². The lowest BCUT2D eigenvalue weighted by Gasteiger charge is -2.25. The van der Waals surface area contributed by atoms with Gasteiger partial charge in [0.05, 0.1) is 13.7 Å². The van der Waals surface area contributed by atoms with Crippen LogP contribution in [0.4, 0.5) is 0 Å². The molecule has 0 aromatic heterocycles. The number of benzene rings is 1. The molecule has 1 fully saturated rings. The Balaban J connectivity index is 2.07. The normalized spacial score (nSPS) is 18.6. The van der Waals surface area contributed by atoms with E-state index < -0.39 is 0 Å². The molecule has 1 aliphatic heterocycles. The van der Waals surface area contributed by atoms with Crippen molar-refractivity contribution >= 4 is 5.91 Å². The number of carbonyl (C=O) groups excluding carboxylic acids is 1. The number of nitrogens with zero attached hydrogens (tertiary/aromatic N) is 1. The highest BCUT2D eigenvalue weighted by molar-refractivity contribution is 5.81. The molecule has 1 amide bonds. The molecule has 0 saturated carbocycles. The monoisotopic (exact) mass is 278 g/mol. The quantitative estimate of drug-likeness (QED) is 0.769. The van der Waals surface area contributed by atoms with Gasteiger partial charge in [-0.1, -0.05) is 18.2 Å². The van der Waals surface area contributed by atoms with Crippen molar-refractivity contribution in [1.29, 1.82) is 0 Å². The second-order valence-corrected chi connectivity index (χ2v) is 4.81. The minimum atomic E-state index is -0.0961. The first-order valence-corrected chi connectivity index (χ1v) is 6.92. The fraction of sp³-hybridized carbons (Fsp3) is 0.533. The summed E-state index contributed by atoms with van der Waals surface area (Å²) in [7, 11) is 3.35. The molecule has 110 valence electrons. The zero-order valence-corrected chi connectivity index (χ0v) is 12.1. The molecule has 0 aliphatic carbocycles. The number of para-hydroxylation sites is 1. The number of nitrogens with one attached hydrogen (secondary N) is 1. The average Bonchev–Trinajstić information content (AvgIpc) is 2.84. The number of carbonyl (C=O) groups is 1. The second-order valence-electron chi connectivity index (χ2n) is 4.81. The Labute approximate surface area is 119 Å².